The van der Waals surface area contributed by atoms with Crippen molar-refractivity contribution in [3.05, 3.63) is 35.1 Å². The third-order valence-corrected chi connectivity index (χ3v) is 3.01. The van der Waals surface area contributed by atoms with E-state index >= 15 is 0 Å². The fourth-order valence-electron chi connectivity index (χ4n) is 1.54. The summed E-state index contributed by atoms with van der Waals surface area (Å²) >= 11 is 3.38. The third-order valence-electron chi connectivity index (χ3n) is 2.52. The molecule has 0 saturated carbocycles. The summed E-state index contributed by atoms with van der Waals surface area (Å²) in [5.41, 5.74) is 0. The molecular weight excluding hydrogens is 294 g/mol. The van der Waals surface area contributed by atoms with E-state index in [1.807, 2.05) is 18.5 Å². The number of carbonyl (C=O) groups excluding carboxylic acids is 1. The average molecular weight is 314 g/mol. The number of unbranched alkanes of at least 4 members (excludes halogenated alkanes) is 3. The Kier molecular flexibility index (Phi) is 8.04. The van der Waals surface area contributed by atoms with Gasteiger partial charge in [0.2, 0.25) is 6.41 Å². The van der Waals surface area contributed by atoms with Crippen molar-refractivity contribution in [2.24, 2.45) is 0 Å². The van der Waals surface area contributed by atoms with Gasteiger partial charge in [-0.1, -0.05) is 12.5 Å². The van der Waals surface area contributed by atoms with E-state index < -0.39 is 0 Å². The first kappa shape index (κ1) is 14.8. The van der Waals surface area contributed by atoms with Crippen molar-refractivity contribution in [3.63, 3.8) is 0 Å². The van der Waals surface area contributed by atoms with Crippen molar-refractivity contribution >= 4 is 22.3 Å². The largest absolute Gasteiger partial charge is 0.368 e. The van der Waals surface area contributed by atoms with E-state index in [0.29, 0.717) is 0 Å². The molecule has 1 aliphatic rings. The predicted octanol–water partition coefficient (Wildman–Crippen LogP) is 2.12. The third kappa shape index (κ3) is 7.17. The Morgan fingerprint density at radius 3 is 3.00 bits per heavy atom. The maximum Gasteiger partial charge on any atom is 0.207 e. The van der Waals surface area contributed by atoms with Gasteiger partial charge < -0.3 is 16.0 Å². The zero-order valence-electron chi connectivity index (χ0n) is 10.4. The number of allylic oxidation sites excluding steroid dienone is 3. The molecule has 0 aromatic carbocycles. The quantitative estimate of drug-likeness (QED) is 0.451. The number of amides is 1. The van der Waals surface area contributed by atoms with E-state index in [9.17, 15) is 4.79 Å². The SMILES string of the molecule is O=CNCCCCC/C=C/NC1C=CC(Br)=CN1. The van der Waals surface area contributed by atoms with Crippen LogP contribution in [0.4, 0.5) is 0 Å². The van der Waals surface area contributed by atoms with Crippen LogP contribution < -0.4 is 16.0 Å². The fourth-order valence-corrected chi connectivity index (χ4v) is 1.83. The summed E-state index contributed by atoms with van der Waals surface area (Å²) in [5, 5.41) is 9.11. The van der Waals surface area contributed by atoms with Crippen molar-refractivity contribution in [3.8, 4) is 0 Å². The van der Waals surface area contributed by atoms with Gasteiger partial charge in [0.15, 0.2) is 0 Å². The Morgan fingerprint density at radius 1 is 1.39 bits per heavy atom. The van der Waals surface area contributed by atoms with Crippen LogP contribution in [-0.2, 0) is 4.79 Å². The molecule has 0 aromatic rings. The topological polar surface area (TPSA) is 53.2 Å². The maximum absolute atomic E-state index is 10.0. The summed E-state index contributed by atoms with van der Waals surface area (Å²) in [5.74, 6) is 0. The minimum Gasteiger partial charge on any atom is -0.368 e. The van der Waals surface area contributed by atoms with Crippen LogP contribution in [0.25, 0.3) is 0 Å². The van der Waals surface area contributed by atoms with Crippen molar-refractivity contribution in [2.75, 3.05) is 6.54 Å². The second kappa shape index (κ2) is 9.76. The van der Waals surface area contributed by atoms with E-state index in [0.717, 1.165) is 43.1 Å². The molecule has 1 heterocycles. The zero-order chi connectivity index (χ0) is 13.1. The highest BCUT2D eigenvalue weighted by Gasteiger charge is 2.01. The molecule has 1 aliphatic heterocycles. The number of dihydropyridines is 1. The second-order valence-electron chi connectivity index (χ2n) is 4.02. The molecule has 1 unspecified atom stereocenters. The van der Waals surface area contributed by atoms with Gasteiger partial charge in [0, 0.05) is 17.2 Å². The van der Waals surface area contributed by atoms with Gasteiger partial charge in [-0.25, -0.2) is 0 Å². The van der Waals surface area contributed by atoms with Crippen molar-refractivity contribution in [1.29, 1.82) is 0 Å². The summed E-state index contributed by atoms with van der Waals surface area (Å²) in [6.07, 6.45) is 15.4. The van der Waals surface area contributed by atoms with Crippen LogP contribution in [-0.4, -0.2) is 19.1 Å². The normalized spacial score (nSPS) is 18.3. The lowest BCUT2D eigenvalue weighted by Crippen LogP contribution is -2.35. The Morgan fingerprint density at radius 2 is 2.28 bits per heavy atom. The van der Waals surface area contributed by atoms with Gasteiger partial charge >= 0.3 is 0 Å². The average Bonchev–Trinajstić information content (AvgIpc) is 2.39. The summed E-state index contributed by atoms with van der Waals surface area (Å²) in [6, 6.07) is 0. The first-order valence-electron chi connectivity index (χ1n) is 6.21. The van der Waals surface area contributed by atoms with Gasteiger partial charge in [-0.05, 0) is 53.5 Å². The number of halogens is 1. The Balaban J connectivity index is 1.95. The van der Waals surface area contributed by atoms with Gasteiger partial charge in [0.1, 0.15) is 6.17 Å². The molecule has 1 rings (SSSR count). The second-order valence-corrected chi connectivity index (χ2v) is 4.94. The van der Waals surface area contributed by atoms with Gasteiger partial charge in [0.05, 0.1) is 0 Å². The lowest BCUT2D eigenvalue weighted by molar-refractivity contribution is -0.109. The number of rotatable bonds is 9. The molecule has 3 N–H and O–H groups in total. The number of nitrogens with one attached hydrogen (secondary N) is 3. The van der Waals surface area contributed by atoms with E-state index in [2.05, 4.69) is 44.0 Å². The molecule has 0 fully saturated rings. The van der Waals surface area contributed by atoms with E-state index in [-0.39, 0.29) is 6.17 Å². The molecule has 0 radical (unpaired) electrons. The molecule has 5 heteroatoms. The van der Waals surface area contributed by atoms with Gasteiger partial charge in [-0.2, -0.15) is 0 Å². The lowest BCUT2D eigenvalue weighted by Gasteiger charge is -2.16. The molecular formula is C13H20BrN3O. The lowest BCUT2D eigenvalue weighted by atomic mass is 10.2. The first-order chi connectivity index (χ1) is 8.83. The minimum atomic E-state index is 0.166. The standard InChI is InChI=1S/C13H20BrN3O/c14-12-6-7-13(17-10-12)16-9-5-3-1-2-4-8-15-11-18/h5-7,9-11,13,16-17H,1-4,8H2,(H,15,18)/b9-5+. The monoisotopic (exact) mass is 313 g/mol. The van der Waals surface area contributed by atoms with Crippen LogP contribution in [0, 0.1) is 0 Å². The first-order valence-corrected chi connectivity index (χ1v) is 7.00. The van der Waals surface area contributed by atoms with Crippen molar-refractivity contribution in [1.82, 2.24) is 16.0 Å². The molecule has 1 amide bonds. The predicted molar refractivity (Wildman–Crippen MR) is 77.9 cm³/mol. The van der Waals surface area contributed by atoms with E-state index in [1.54, 1.807) is 0 Å². The number of hydrogen-bond donors (Lipinski definition) is 3. The molecule has 1 atom stereocenters. The molecule has 0 spiro atoms. The number of carbonyl (C=O) groups is 1. The smallest absolute Gasteiger partial charge is 0.207 e. The summed E-state index contributed by atoms with van der Waals surface area (Å²) in [6.45, 7) is 0.781. The molecule has 0 aromatic heterocycles. The highest BCUT2D eigenvalue weighted by atomic mass is 79.9. The summed E-state index contributed by atoms with van der Waals surface area (Å²) in [7, 11) is 0. The van der Waals surface area contributed by atoms with Crippen molar-refractivity contribution < 1.29 is 4.79 Å². The molecule has 4 nitrogen and oxygen atoms in total. The van der Waals surface area contributed by atoms with Gasteiger partial charge in [0.25, 0.3) is 0 Å². The Bertz CT molecular complexity index is 326. The van der Waals surface area contributed by atoms with Crippen LogP contribution in [0.3, 0.4) is 0 Å². The summed E-state index contributed by atoms with van der Waals surface area (Å²) < 4.78 is 1.05. The Labute approximate surface area is 117 Å². The highest BCUT2D eigenvalue weighted by molar-refractivity contribution is 9.11. The molecule has 0 bridgehead atoms. The molecule has 100 valence electrons. The molecule has 18 heavy (non-hydrogen) atoms. The minimum absolute atomic E-state index is 0.166. The van der Waals surface area contributed by atoms with Gasteiger partial charge in [-0.15, -0.1) is 0 Å². The fraction of sp³-hybridized carbons (Fsp3) is 0.462. The van der Waals surface area contributed by atoms with Crippen LogP contribution in [0.15, 0.2) is 35.1 Å². The maximum atomic E-state index is 10.0. The van der Waals surface area contributed by atoms with E-state index in [1.165, 1.54) is 0 Å². The van der Waals surface area contributed by atoms with E-state index in [4.69, 9.17) is 0 Å². The molecule has 0 saturated heterocycles. The van der Waals surface area contributed by atoms with Crippen molar-refractivity contribution in [2.45, 2.75) is 31.8 Å². The van der Waals surface area contributed by atoms with Crippen LogP contribution in [0.5, 0.6) is 0 Å². The van der Waals surface area contributed by atoms with Crippen LogP contribution in [0.1, 0.15) is 25.7 Å². The number of hydrogen-bond acceptors (Lipinski definition) is 3. The molecule has 0 aliphatic carbocycles. The van der Waals surface area contributed by atoms with Crippen LogP contribution in [0.2, 0.25) is 0 Å². The zero-order valence-corrected chi connectivity index (χ0v) is 11.9. The Hall–Kier alpha value is -1.23. The highest BCUT2D eigenvalue weighted by Crippen LogP contribution is 2.09. The van der Waals surface area contributed by atoms with Gasteiger partial charge in [-0.3, -0.25) is 4.79 Å². The van der Waals surface area contributed by atoms with Crippen LogP contribution >= 0.6 is 15.9 Å². The summed E-state index contributed by atoms with van der Waals surface area (Å²) in [4.78, 5) is 10.0.